The molecule has 0 aliphatic rings. The summed E-state index contributed by atoms with van der Waals surface area (Å²) in [6, 6.07) is 16.6. The minimum atomic E-state index is 0.257. The van der Waals surface area contributed by atoms with Crippen LogP contribution < -0.4 is 5.32 Å². The first-order valence-corrected chi connectivity index (χ1v) is 9.59. The third-order valence-electron chi connectivity index (χ3n) is 4.49. The van der Waals surface area contributed by atoms with Gasteiger partial charge in [-0.1, -0.05) is 48.5 Å². The highest BCUT2D eigenvalue weighted by Crippen LogP contribution is 2.42. The Morgan fingerprint density at radius 2 is 1.58 bits per heavy atom. The summed E-state index contributed by atoms with van der Waals surface area (Å²) in [5, 5.41) is 4.79. The molecule has 1 N–H and O–H groups in total. The first kappa shape index (κ1) is 17.0. The van der Waals surface area contributed by atoms with Gasteiger partial charge >= 0.3 is 0 Å². The molecule has 2 heterocycles. The molecule has 2 aromatic heterocycles. The number of halogens is 1. The molecule has 5 heteroatoms. The van der Waals surface area contributed by atoms with Crippen molar-refractivity contribution in [1.82, 2.24) is 9.97 Å². The van der Waals surface area contributed by atoms with Crippen LogP contribution in [0.1, 0.15) is 16.0 Å². The second-order valence-electron chi connectivity index (χ2n) is 6.31. The second kappa shape index (κ2) is 6.71. The first-order chi connectivity index (χ1) is 12.5. The molecule has 4 aromatic rings. The van der Waals surface area contributed by atoms with Crippen molar-refractivity contribution in [3.8, 4) is 11.1 Å². The van der Waals surface area contributed by atoms with Crippen LogP contribution in [0.2, 0.25) is 5.28 Å². The number of aromatic nitrogens is 2. The Morgan fingerprint density at radius 1 is 0.885 bits per heavy atom. The van der Waals surface area contributed by atoms with Gasteiger partial charge in [-0.05, 0) is 49.1 Å². The predicted octanol–water partition coefficient (Wildman–Crippen LogP) is 6.68. The lowest BCUT2D eigenvalue weighted by Gasteiger charge is -2.14. The lowest BCUT2D eigenvalue weighted by molar-refractivity contribution is 1.22. The van der Waals surface area contributed by atoms with E-state index in [0.717, 1.165) is 32.8 Å². The topological polar surface area (TPSA) is 37.8 Å². The van der Waals surface area contributed by atoms with Gasteiger partial charge < -0.3 is 5.32 Å². The van der Waals surface area contributed by atoms with Crippen LogP contribution in [0.15, 0.2) is 48.5 Å². The molecule has 130 valence electrons. The molecular weight excluding hydrogens is 362 g/mol. The smallest absolute Gasteiger partial charge is 0.225 e. The molecule has 0 saturated heterocycles. The number of hydrogen-bond donors (Lipinski definition) is 1. The summed E-state index contributed by atoms with van der Waals surface area (Å²) in [5.74, 6) is 0.751. The van der Waals surface area contributed by atoms with Crippen LogP contribution in [0.3, 0.4) is 0 Å². The fraction of sp³-hybridized carbons (Fsp3) is 0.143. The standard InChI is InChI=1S/C21H18ClN3S/c1-12-8-7-9-13(2)18(12)23-19-17-16(15-10-5-4-6-11-15)14(3)26-20(17)25-21(22)24-19/h4-11H,1-3H3,(H,23,24,25). The normalized spacial score (nSPS) is 11.1. The summed E-state index contributed by atoms with van der Waals surface area (Å²) in [6.07, 6.45) is 0. The minimum absolute atomic E-state index is 0.257. The van der Waals surface area contributed by atoms with Crippen LogP contribution in [0.5, 0.6) is 0 Å². The number of benzene rings is 2. The van der Waals surface area contributed by atoms with Gasteiger partial charge in [-0.15, -0.1) is 11.3 Å². The molecule has 0 aliphatic heterocycles. The molecule has 0 radical (unpaired) electrons. The van der Waals surface area contributed by atoms with Gasteiger partial charge in [-0.25, -0.2) is 4.98 Å². The Hall–Kier alpha value is -2.43. The monoisotopic (exact) mass is 379 g/mol. The van der Waals surface area contributed by atoms with Crippen LogP contribution in [0.25, 0.3) is 21.3 Å². The van der Waals surface area contributed by atoms with Crippen molar-refractivity contribution >= 4 is 44.7 Å². The Kier molecular flexibility index (Phi) is 4.39. The van der Waals surface area contributed by atoms with Crippen molar-refractivity contribution in [3.05, 3.63) is 69.8 Å². The summed E-state index contributed by atoms with van der Waals surface area (Å²) < 4.78 is 0. The number of nitrogens with one attached hydrogen (secondary N) is 1. The first-order valence-electron chi connectivity index (χ1n) is 8.40. The zero-order chi connectivity index (χ0) is 18.3. The summed E-state index contributed by atoms with van der Waals surface area (Å²) in [7, 11) is 0. The van der Waals surface area contributed by atoms with Crippen molar-refractivity contribution in [2.45, 2.75) is 20.8 Å². The van der Waals surface area contributed by atoms with Crippen LogP contribution in [-0.4, -0.2) is 9.97 Å². The molecule has 0 fully saturated rings. The third kappa shape index (κ3) is 2.96. The largest absolute Gasteiger partial charge is 0.339 e. The number of thiophene rings is 1. The van der Waals surface area contributed by atoms with Gasteiger partial charge in [-0.3, -0.25) is 0 Å². The van der Waals surface area contributed by atoms with Gasteiger partial charge in [0.1, 0.15) is 10.6 Å². The van der Waals surface area contributed by atoms with Gasteiger partial charge in [-0.2, -0.15) is 4.98 Å². The highest BCUT2D eigenvalue weighted by Gasteiger charge is 2.19. The summed E-state index contributed by atoms with van der Waals surface area (Å²) in [5.41, 5.74) is 5.72. The van der Waals surface area contributed by atoms with Crippen molar-refractivity contribution < 1.29 is 0 Å². The van der Waals surface area contributed by atoms with Gasteiger partial charge in [0.2, 0.25) is 5.28 Å². The Morgan fingerprint density at radius 3 is 2.27 bits per heavy atom. The molecular formula is C21H18ClN3S. The lowest BCUT2D eigenvalue weighted by Crippen LogP contribution is -2.00. The maximum absolute atomic E-state index is 6.22. The van der Waals surface area contributed by atoms with E-state index in [-0.39, 0.29) is 5.28 Å². The number of aryl methyl sites for hydroxylation is 3. The van der Waals surface area contributed by atoms with E-state index in [2.05, 4.69) is 66.4 Å². The molecule has 26 heavy (non-hydrogen) atoms. The lowest BCUT2D eigenvalue weighted by atomic mass is 10.0. The molecule has 2 aromatic carbocycles. The van der Waals surface area contributed by atoms with Crippen molar-refractivity contribution in [2.75, 3.05) is 5.32 Å². The van der Waals surface area contributed by atoms with E-state index in [0.29, 0.717) is 0 Å². The Bertz CT molecular complexity index is 1080. The highest BCUT2D eigenvalue weighted by molar-refractivity contribution is 7.19. The Labute approximate surface area is 161 Å². The second-order valence-corrected chi connectivity index (χ2v) is 7.85. The molecule has 0 spiro atoms. The number of fused-ring (bicyclic) bond motifs is 1. The highest BCUT2D eigenvalue weighted by atomic mass is 35.5. The number of hydrogen-bond acceptors (Lipinski definition) is 4. The quantitative estimate of drug-likeness (QED) is 0.403. The fourth-order valence-electron chi connectivity index (χ4n) is 3.26. The molecule has 0 saturated carbocycles. The maximum Gasteiger partial charge on any atom is 0.225 e. The molecule has 0 unspecified atom stereocenters. The van der Waals surface area contributed by atoms with E-state index in [1.165, 1.54) is 16.0 Å². The molecule has 4 rings (SSSR count). The summed E-state index contributed by atoms with van der Waals surface area (Å²) in [4.78, 5) is 11.1. The zero-order valence-electron chi connectivity index (χ0n) is 14.8. The van der Waals surface area contributed by atoms with Crippen LogP contribution in [0, 0.1) is 20.8 Å². The number of anilines is 2. The van der Waals surface area contributed by atoms with Crippen molar-refractivity contribution in [1.29, 1.82) is 0 Å². The third-order valence-corrected chi connectivity index (χ3v) is 5.66. The average molecular weight is 380 g/mol. The summed E-state index contributed by atoms with van der Waals surface area (Å²) >= 11 is 7.87. The number of rotatable bonds is 3. The van der Waals surface area contributed by atoms with E-state index in [1.807, 2.05) is 18.2 Å². The van der Waals surface area contributed by atoms with Gasteiger partial charge in [0, 0.05) is 16.1 Å². The predicted molar refractivity (Wildman–Crippen MR) is 112 cm³/mol. The zero-order valence-corrected chi connectivity index (χ0v) is 16.4. The van der Waals surface area contributed by atoms with Crippen LogP contribution >= 0.6 is 22.9 Å². The van der Waals surface area contributed by atoms with Gasteiger partial charge in [0.05, 0.1) is 5.39 Å². The molecule has 0 aliphatic carbocycles. The number of nitrogens with zero attached hydrogens (tertiary/aromatic N) is 2. The van der Waals surface area contributed by atoms with E-state index in [9.17, 15) is 0 Å². The molecule has 3 nitrogen and oxygen atoms in total. The minimum Gasteiger partial charge on any atom is -0.339 e. The van der Waals surface area contributed by atoms with E-state index >= 15 is 0 Å². The van der Waals surface area contributed by atoms with Crippen molar-refractivity contribution in [3.63, 3.8) is 0 Å². The SMILES string of the molecule is Cc1cccc(C)c1Nc1nc(Cl)nc2sc(C)c(-c3ccccc3)c12. The van der Waals surface area contributed by atoms with E-state index < -0.39 is 0 Å². The Balaban J connectivity index is 1.97. The maximum atomic E-state index is 6.22. The summed E-state index contributed by atoms with van der Waals surface area (Å²) in [6.45, 7) is 6.30. The van der Waals surface area contributed by atoms with Crippen LogP contribution in [-0.2, 0) is 0 Å². The molecule has 0 amide bonds. The van der Waals surface area contributed by atoms with E-state index in [4.69, 9.17) is 11.6 Å². The molecule has 0 bridgehead atoms. The van der Waals surface area contributed by atoms with Crippen molar-refractivity contribution in [2.24, 2.45) is 0 Å². The fourth-order valence-corrected chi connectivity index (χ4v) is 4.52. The van der Waals surface area contributed by atoms with Gasteiger partial charge in [0.25, 0.3) is 0 Å². The van der Waals surface area contributed by atoms with Crippen LogP contribution in [0.4, 0.5) is 11.5 Å². The average Bonchev–Trinajstić information content (AvgIpc) is 2.94. The number of para-hydroxylation sites is 1. The van der Waals surface area contributed by atoms with E-state index in [1.54, 1.807) is 11.3 Å². The van der Waals surface area contributed by atoms with Gasteiger partial charge in [0.15, 0.2) is 0 Å². The molecule has 0 atom stereocenters.